The number of amides is 2. The fourth-order valence-corrected chi connectivity index (χ4v) is 1.89. The fraction of sp³-hybridized carbons (Fsp3) is 0.692. The SMILES string of the molecule is CC(C)(C)n1cc(NC(=O)N(CCO)C2CC2)cn1. The standard InChI is InChI=1S/C13H22N4O2/c1-13(2,3)17-9-10(8-14-17)15-12(19)16(6-7-18)11-4-5-11/h8-9,11,18H,4-7H2,1-3H3,(H,15,19). The number of rotatable bonds is 4. The highest BCUT2D eigenvalue weighted by Crippen LogP contribution is 2.27. The van der Waals surface area contributed by atoms with Gasteiger partial charge in [0.1, 0.15) is 0 Å². The third-order valence-corrected chi connectivity index (χ3v) is 3.11. The van der Waals surface area contributed by atoms with Crippen molar-refractivity contribution in [2.24, 2.45) is 0 Å². The number of aliphatic hydroxyl groups excluding tert-OH is 1. The van der Waals surface area contributed by atoms with Gasteiger partial charge in [-0.1, -0.05) is 0 Å². The molecular formula is C13H22N4O2. The van der Waals surface area contributed by atoms with E-state index >= 15 is 0 Å². The number of hydrogen-bond acceptors (Lipinski definition) is 3. The van der Waals surface area contributed by atoms with E-state index in [4.69, 9.17) is 5.11 Å². The average Bonchev–Trinajstić information content (AvgIpc) is 3.03. The van der Waals surface area contributed by atoms with E-state index in [1.165, 1.54) is 0 Å². The Morgan fingerprint density at radius 3 is 2.74 bits per heavy atom. The molecule has 0 atom stereocenters. The van der Waals surface area contributed by atoms with E-state index in [0.29, 0.717) is 12.2 Å². The summed E-state index contributed by atoms with van der Waals surface area (Å²) in [5.74, 6) is 0. The average molecular weight is 266 g/mol. The van der Waals surface area contributed by atoms with E-state index in [2.05, 4.69) is 10.4 Å². The normalized spacial score (nSPS) is 15.4. The first-order valence-electron chi connectivity index (χ1n) is 6.65. The summed E-state index contributed by atoms with van der Waals surface area (Å²) in [6.07, 6.45) is 5.51. The second kappa shape index (κ2) is 5.21. The van der Waals surface area contributed by atoms with Crippen LogP contribution in [0, 0.1) is 0 Å². The Morgan fingerprint density at radius 2 is 2.26 bits per heavy atom. The maximum atomic E-state index is 12.1. The van der Waals surface area contributed by atoms with Crippen molar-refractivity contribution in [3.8, 4) is 0 Å². The number of carbonyl (C=O) groups is 1. The minimum absolute atomic E-state index is 0.00876. The van der Waals surface area contributed by atoms with E-state index < -0.39 is 0 Å². The summed E-state index contributed by atoms with van der Waals surface area (Å²) >= 11 is 0. The molecule has 1 fully saturated rings. The zero-order valence-corrected chi connectivity index (χ0v) is 11.8. The lowest BCUT2D eigenvalue weighted by molar-refractivity contribution is 0.185. The molecule has 0 aliphatic heterocycles. The van der Waals surface area contributed by atoms with Gasteiger partial charge in [0.05, 0.1) is 24.0 Å². The topological polar surface area (TPSA) is 70.4 Å². The molecule has 2 rings (SSSR count). The minimum Gasteiger partial charge on any atom is -0.395 e. The Kier molecular flexibility index (Phi) is 3.80. The number of hydrogen-bond donors (Lipinski definition) is 2. The summed E-state index contributed by atoms with van der Waals surface area (Å²) in [6, 6.07) is 0.120. The van der Waals surface area contributed by atoms with Gasteiger partial charge in [0, 0.05) is 18.8 Å². The molecule has 0 saturated heterocycles. The number of anilines is 1. The molecule has 6 heteroatoms. The van der Waals surface area contributed by atoms with Crippen molar-refractivity contribution >= 4 is 11.7 Å². The zero-order chi connectivity index (χ0) is 14.0. The molecule has 1 aromatic heterocycles. The predicted molar refractivity (Wildman–Crippen MR) is 73.1 cm³/mol. The molecule has 0 aromatic carbocycles. The monoisotopic (exact) mass is 266 g/mol. The van der Waals surface area contributed by atoms with Gasteiger partial charge in [0.15, 0.2) is 0 Å². The molecule has 1 saturated carbocycles. The summed E-state index contributed by atoms with van der Waals surface area (Å²) in [5.41, 5.74) is 0.577. The molecule has 106 valence electrons. The van der Waals surface area contributed by atoms with Gasteiger partial charge in [-0.2, -0.15) is 5.10 Å². The molecule has 0 radical (unpaired) electrons. The fourth-order valence-electron chi connectivity index (χ4n) is 1.89. The van der Waals surface area contributed by atoms with Gasteiger partial charge in [0.25, 0.3) is 0 Å². The highest BCUT2D eigenvalue weighted by Gasteiger charge is 2.32. The van der Waals surface area contributed by atoms with Crippen LogP contribution in [-0.2, 0) is 5.54 Å². The predicted octanol–water partition coefficient (Wildman–Crippen LogP) is 1.63. The van der Waals surface area contributed by atoms with Crippen LogP contribution in [0.25, 0.3) is 0 Å². The van der Waals surface area contributed by atoms with Crippen LogP contribution in [0.3, 0.4) is 0 Å². The van der Waals surface area contributed by atoms with E-state index in [0.717, 1.165) is 12.8 Å². The first-order chi connectivity index (χ1) is 8.91. The Bertz CT molecular complexity index is 446. The molecule has 2 amide bonds. The molecule has 1 aliphatic carbocycles. The molecule has 1 heterocycles. The molecule has 0 bridgehead atoms. The second-order valence-corrected chi connectivity index (χ2v) is 5.92. The van der Waals surface area contributed by atoms with Crippen LogP contribution in [0.2, 0.25) is 0 Å². The van der Waals surface area contributed by atoms with Gasteiger partial charge in [0.2, 0.25) is 0 Å². The van der Waals surface area contributed by atoms with Crippen LogP contribution in [0.5, 0.6) is 0 Å². The maximum absolute atomic E-state index is 12.1. The van der Waals surface area contributed by atoms with Gasteiger partial charge < -0.3 is 15.3 Å². The Morgan fingerprint density at radius 1 is 1.58 bits per heavy atom. The summed E-state index contributed by atoms with van der Waals surface area (Å²) in [4.78, 5) is 13.8. The van der Waals surface area contributed by atoms with Crippen LogP contribution in [-0.4, -0.2) is 45.0 Å². The third kappa shape index (κ3) is 3.47. The maximum Gasteiger partial charge on any atom is 0.322 e. The number of nitrogens with zero attached hydrogens (tertiary/aromatic N) is 3. The van der Waals surface area contributed by atoms with Gasteiger partial charge in [-0.15, -0.1) is 0 Å². The van der Waals surface area contributed by atoms with E-state index in [1.807, 2.05) is 31.6 Å². The third-order valence-electron chi connectivity index (χ3n) is 3.11. The van der Waals surface area contributed by atoms with Crippen molar-refractivity contribution in [2.75, 3.05) is 18.5 Å². The molecule has 6 nitrogen and oxygen atoms in total. The van der Waals surface area contributed by atoms with Crippen molar-refractivity contribution in [1.29, 1.82) is 0 Å². The quantitative estimate of drug-likeness (QED) is 0.870. The molecule has 1 aromatic rings. The molecular weight excluding hydrogens is 244 g/mol. The molecule has 19 heavy (non-hydrogen) atoms. The summed E-state index contributed by atoms with van der Waals surface area (Å²) in [5, 5.41) is 16.1. The van der Waals surface area contributed by atoms with Crippen molar-refractivity contribution < 1.29 is 9.90 Å². The van der Waals surface area contributed by atoms with Gasteiger partial charge >= 0.3 is 6.03 Å². The minimum atomic E-state index is -0.162. The van der Waals surface area contributed by atoms with E-state index in [9.17, 15) is 4.79 Å². The highest BCUT2D eigenvalue weighted by molar-refractivity contribution is 5.89. The van der Waals surface area contributed by atoms with Gasteiger partial charge in [-0.3, -0.25) is 4.68 Å². The zero-order valence-electron chi connectivity index (χ0n) is 11.8. The van der Waals surface area contributed by atoms with Crippen molar-refractivity contribution in [3.05, 3.63) is 12.4 Å². The number of urea groups is 1. The smallest absolute Gasteiger partial charge is 0.322 e. The largest absolute Gasteiger partial charge is 0.395 e. The highest BCUT2D eigenvalue weighted by atomic mass is 16.3. The lowest BCUT2D eigenvalue weighted by Gasteiger charge is -2.21. The molecule has 0 spiro atoms. The van der Waals surface area contributed by atoms with Crippen molar-refractivity contribution in [1.82, 2.24) is 14.7 Å². The van der Waals surface area contributed by atoms with E-state index in [1.54, 1.807) is 11.1 Å². The Balaban J connectivity index is 1.99. The van der Waals surface area contributed by atoms with Crippen LogP contribution >= 0.6 is 0 Å². The van der Waals surface area contributed by atoms with Crippen LogP contribution < -0.4 is 5.32 Å². The lowest BCUT2D eigenvalue weighted by Crippen LogP contribution is -2.38. The van der Waals surface area contributed by atoms with Gasteiger partial charge in [-0.25, -0.2) is 4.79 Å². The van der Waals surface area contributed by atoms with Crippen molar-refractivity contribution in [3.63, 3.8) is 0 Å². The number of carbonyl (C=O) groups excluding carboxylic acids is 1. The number of nitrogens with one attached hydrogen (secondary N) is 1. The first kappa shape index (κ1) is 13.9. The van der Waals surface area contributed by atoms with Crippen molar-refractivity contribution in [2.45, 2.75) is 45.2 Å². The number of aliphatic hydroxyl groups is 1. The molecule has 2 N–H and O–H groups in total. The summed E-state index contributed by atoms with van der Waals surface area (Å²) in [6.45, 7) is 6.52. The summed E-state index contributed by atoms with van der Waals surface area (Å²) < 4.78 is 1.82. The van der Waals surface area contributed by atoms with Crippen LogP contribution in [0.4, 0.5) is 10.5 Å². The Labute approximate surface area is 113 Å². The van der Waals surface area contributed by atoms with Gasteiger partial charge in [-0.05, 0) is 33.6 Å². The molecule has 0 unspecified atom stereocenters. The van der Waals surface area contributed by atoms with E-state index in [-0.39, 0.29) is 24.2 Å². The lowest BCUT2D eigenvalue weighted by atomic mass is 10.1. The summed E-state index contributed by atoms with van der Waals surface area (Å²) in [7, 11) is 0. The molecule has 1 aliphatic rings. The number of aromatic nitrogens is 2. The Hall–Kier alpha value is -1.56. The first-order valence-corrected chi connectivity index (χ1v) is 6.65. The second-order valence-electron chi connectivity index (χ2n) is 5.92. The van der Waals surface area contributed by atoms with Crippen LogP contribution in [0.15, 0.2) is 12.4 Å². The van der Waals surface area contributed by atoms with Crippen LogP contribution in [0.1, 0.15) is 33.6 Å².